The normalized spacial score (nSPS) is 27.2. The molecule has 4 heteroatoms. The second-order valence-electron chi connectivity index (χ2n) is 7.43. The summed E-state index contributed by atoms with van der Waals surface area (Å²) >= 11 is 0. The molecule has 0 aromatic rings. The second-order valence-corrected chi connectivity index (χ2v) is 7.43. The predicted molar refractivity (Wildman–Crippen MR) is 78.5 cm³/mol. The van der Waals surface area contributed by atoms with Gasteiger partial charge < -0.3 is 14.7 Å². The van der Waals surface area contributed by atoms with E-state index in [9.17, 15) is 9.90 Å². The molecular formula is C16H29NO3. The smallest absolute Gasteiger partial charge is 0.410 e. The molecule has 0 aromatic carbocycles. The van der Waals surface area contributed by atoms with Crippen LogP contribution in [0.3, 0.4) is 0 Å². The Morgan fingerprint density at radius 2 is 1.65 bits per heavy atom. The Balaban J connectivity index is 1.85. The molecule has 116 valence electrons. The molecule has 2 rings (SSSR count). The summed E-state index contributed by atoms with van der Waals surface area (Å²) in [5.41, 5.74) is -0.418. The summed E-state index contributed by atoms with van der Waals surface area (Å²) in [5, 5.41) is 9.19. The van der Waals surface area contributed by atoms with Gasteiger partial charge in [-0.1, -0.05) is 0 Å². The monoisotopic (exact) mass is 283 g/mol. The van der Waals surface area contributed by atoms with E-state index in [0.717, 1.165) is 45.1 Å². The summed E-state index contributed by atoms with van der Waals surface area (Å²) in [5.74, 6) is 1.05. The average Bonchev–Trinajstić information content (AvgIpc) is 3.18. The maximum Gasteiger partial charge on any atom is 0.410 e. The third-order valence-electron chi connectivity index (χ3n) is 4.30. The largest absolute Gasteiger partial charge is 0.444 e. The standard InChI is InChI=1S/C16H29NO3/c1-16(2,3)20-15(19)17(14-8-9-14)10-12-4-6-13(11-18)7-5-12/h12-14,18H,4-11H2,1-3H3. The summed E-state index contributed by atoms with van der Waals surface area (Å²) in [6.45, 7) is 6.90. The van der Waals surface area contributed by atoms with Gasteiger partial charge in [0.15, 0.2) is 0 Å². The molecule has 1 N–H and O–H groups in total. The van der Waals surface area contributed by atoms with Crippen molar-refractivity contribution < 1.29 is 14.6 Å². The minimum absolute atomic E-state index is 0.149. The van der Waals surface area contributed by atoms with Crippen LogP contribution in [0, 0.1) is 11.8 Å². The Bertz CT molecular complexity index is 325. The van der Waals surface area contributed by atoms with Crippen LogP contribution in [0.2, 0.25) is 0 Å². The van der Waals surface area contributed by atoms with Crippen LogP contribution in [0.4, 0.5) is 4.79 Å². The molecule has 2 aliphatic carbocycles. The van der Waals surface area contributed by atoms with Crippen molar-refractivity contribution >= 4 is 6.09 Å². The number of carbonyl (C=O) groups is 1. The van der Waals surface area contributed by atoms with Gasteiger partial charge in [-0.2, -0.15) is 0 Å². The molecule has 2 saturated carbocycles. The average molecular weight is 283 g/mol. The first-order chi connectivity index (χ1) is 9.39. The number of aliphatic hydroxyl groups is 1. The van der Waals surface area contributed by atoms with Crippen LogP contribution in [-0.2, 0) is 4.74 Å². The van der Waals surface area contributed by atoms with Crippen LogP contribution in [0.15, 0.2) is 0 Å². The lowest BCUT2D eigenvalue weighted by Crippen LogP contribution is -2.41. The van der Waals surface area contributed by atoms with Gasteiger partial charge >= 0.3 is 6.09 Å². The zero-order chi connectivity index (χ0) is 14.8. The molecule has 0 aromatic heterocycles. The molecule has 0 heterocycles. The van der Waals surface area contributed by atoms with Crippen molar-refractivity contribution in [1.82, 2.24) is 4.90 Å². The molecule has 0 unspecified atom stereocenters. The number of hydrogen-bond acceptors (Lipinski definition) is 3. The van der Waals surface area contributed by atoms with Gasteiger partial charge in [0.1, 0.15) is 5.60 Å². The zero-order valence-electron chi connectivity index (χ0n) is 13.1. The van der Waals surface area contributed by atoms with Crippen molar-refractivity contribution in [3.63, 3.8) is 0 Å². The molecule has 0 saturated heterocycles. The maximum absolute atomic E-state index is 12.3. The van der Waals surface area contributed by atoms with Gasteiger partial charge in [0.25, 0.3) is 0 Å². The Morgan fingerprint density at radius 1 is 1.10 bits per heavy atom. The lowest BCUT2D eigenvalue weighted by Gasteiger charge is -2.33. The van der Waals surface area contributed by atoms with Crippen molar-refractivity contribution in [3.05, 3.63) is 0 Å². The highest BCUT2D eigenvalue weighted by atomic mass is 16.6. The first kappa shape index (κ1) is 15.6. The van der Waals surface area contributed by atoms with E-state index in [-0.39, 0.29) is 6.09 Å². The van der Waals surface area contributed by atoms with Gasteiger partial charge in [-0.05, 0) is 71.1 Å². The molecule has 4 nitrogen and oxygen atoms in total. The Morgan fingerprint density at radius 3 is 2.10 bits per heavy atom. The van der Waals surface area contributed by atoms with E-state index in [4.69, 9.17) is 4.74 Å². The van der Waals surface area contributed by atoms with Crippen molar-refractivity contribution in [3.8, 4) is 0 Å². The third-order valence-corrected chi connectivity index (χ3v) is 4.30. The highest BCUT2D eigenvalue weighted by molar-refractivity contribution is 5.69. The molecule has 1 amide bonds. The first-order valence-electron chi connectivity index (χ1n) is 7.99. The minimum Gasteiger partial charge on any atom is -0.444 e. The number of hydrogen-bond donors (Lipinski definition) is 1. The van der Waals surface area contributed by atoms with Crippen LogP contribution >= 0.6 is 0 Å². The fraction of sp³-hybridized carbons (Fsp3) is 0.938. The first-order valence-corrected chi connectivity index (χ1v) is 7.99. The fourth-order valence-electron chi connectivity index (χ4n) is 2.95. The van der Waals surface area contributed by atoms with Crippen LogP contribution < -0.4 is 0 Å². The van der Waals surface area contributed by atoms with Gasteiger partial charge in [-0.15, -0.1) is 0 Å². The SMILES string of the molecule is CC(C)(C)OC(=O)N(CC1CCC(CO)CC1)C1CC1. The Kier molecular flexibility index (Phi) is 4.95. The molecule has 2 fully saturated rings. The number of nitrogens with zero attached hydrogens (tertiary/aromatic N) is 1. The zero-order valence-corrected chi connectivity index (χ0v) is 13.1. The molecule has 0 radical (unpaired) electrons. The van der Waals surface area contributed by atoms with Crippen molar-refractivity contribution in [1.29, 1.82) is 0 Å². The number of rotatable bonds is 4. The summed E-state index contributed by atoms with van der Waals surface area (Å²) in [4.78, 5) is 14.3. The molecule has 0 atom stereocenters. The summed E-state index contributed by atoms with van der Waals surface area (Å²) in [6.07, 6.45) is 6.51. The minimum atomic E-state index is -0.418. The number of carbonyl (C=O) groups excluding carboxylic acids is 1. The highest BCUT2D eigenvalue weighted by Crippen LogP contribution is 2.33. The maximum atomic E-state index is 12.3. The summed E-state index contributed by atoms with van der Waals surface area (Å²) < 4.78 is 5.53. The van der Waals surface area contributed by atoms with E-state index in [1.54, 1.807) is 0 Å². The van der Waals surface area contributed by atoms with E-state index in [1.165, 1.54) is 0 Å². The predicted octanol–water partition coefficient (Wildman–Crippen LogP) is 3.18. The topological polar surface area (TPSA) is 49.8 Å². The van der Waals surface area contributed by atoms with Gasteiger partial charge in [-0.25, -0.2) is 4.79 Å². The van der Waals surface area contributed by atoms with E-state index >= 15 is 0 Å². The third kappa shape index (κ3) is 4.65. The molecule has 0 spiro atoms. The Labute approximate surface area is 122 Å². The lowest BCUT2D eigenvalue weighted by atomic mass is 9.82. The summed E-state index contributed by atoms with van der Waals surface area (Å²) in [7, 11) is 0. The van der Waals surface area contributed by atoms with Crippen LogP contribution in [-0.4, -0.2) is 40.9 Å². The van der Waals surface area contributed by atoms with Crippen LogP contribution in [0.1, 0.15) is 59.3 Å². The number of ether oxygens (including phenoxy) is 1. The summed E-state index contributed by atoms with van der Waals surface area (Å²) in [6, 6.07) is 0.403. The van der Waals surface area contributed by atoms with Crippen LogP contribution in [0.25, 0.3) is 0 Å². The van der Waals surface area contributed by atoms with Gasteiger partial charge in [0.05, 0.1) is 0 Å². The van der Waals surface area contributed by atoms with Crippen molar-refractivity contribution in [2.45, 2.75) is 70.9 Å². The Hall–Kier alpha value is -0.770. The molecule has 0 bridgehead atoms. The molecule has 20 heavy (non-hydrogen) atoms. The molecule has 0 aliphatic heterocycles. The van der Waals surface area contributed by atoms with Crippen molar-refractivity contribution in [2.24, 2.45) is 11.8 Å². The highest BCUT2D eigenvalue weighted by Gasteiger charge is 2.37. The lowest BCUT2D eigenvalue weighted by molar-refractivity contribution is 0.0179. The van der Waals surface area contributed by atoms with Crippen molar-refractivity contribution in [2.75, 3.05) is 13.2 Å². The number of amides is 1. The van der Waals surface area contributed by atoms with Crippen LogP contribution in [0.5, 0.6) is 0 Å². The molecular weight excluding hydrogens is 254 g/mol. The van der Waals surface area contributed by atoms with E-state index in [1.807, 2.05) is 25.7 Å². The van der Waals surface area contributed by atoms with Gasteiger partial charge in [0, 0.05) is 19.2 Å². The van der Waals surface area contributed by atoms with E-state index < -0.39 is 5.60 Å². The quantitative estimate of drug-likeness (QED) is 0.862. The van der Waals surface area contributed by atoms with E-state index in [2.05, 4.69) is 0 Å². The van der Waals surface area contributed by atoms with Gasteiger partial charge in [-0.3, -0.25) is 0 Å². The fourth-order valence-corrected chi connectivity index (χ4v) is 2.95. The van der Waals surface area contributed by atoms with E-state index in [0.29, 0.717) is 24.5 Å². The molecule has 2 aliphatic rings. The second kappa shape index (κ2) is 6.33. The van der Waals surface area contributed by atoms with Gasteiger partial charge in [0.2, 0.25) is 0 Å². The number of aliphatic hydroxyl groups excluding tert-OH is 1.